The molecule has 0 N–H and O–H groups in total. The monoisotopic (exact) mass is 775 g/mol. The molecule has 0 aliphatic carbocycles. The van der Waals surface area contributed by atoms with Crippen molar-refractivity contribution < 1.29 is 0 Å². The molecule has 0 amide bonds. The zero-order chi connectivity index (χ0) is 40.5. The van der Waals surface area contributed by atoms with Crippen LogP contribution in [0, 0.1) is 0 Å². The largest absolute Gasteiger partial charge is 0.310 e. The Morgan fingerprint density at radius 2 is 0.689 bits per heavy atom. The second-order valence-corrected chi connectivity index (χ2v) is 15.7. The van der Waals surface area contributed by atoms with E-state index in [-0.39, 0.29) is 0 Å². The number of nitrogens with zero attached hydrogens (tertiary/aromatic N) is 1. The summed E-state index contributed by atoms with van der Waals surface area (Å²) < 4.78 is 0. The van der Waals surface area contributed by atoms with E-state index in [1.54, 1.807) is 0 Å². The molecule has 0 atom stereocenters. The van der Waals surface area contributed by atoms with Crippen LogP contribution in [-0.2, 0) is 0 Å². The van der Waals surface area contributed by atoms with Crippen molar-refractivity contribution >= 4 is 49.4 Å². The molecule has 0 radical (unpaired) electrons. The van der Waals surface area contributed by atoms with Crippen LogP contribution >= 0.6 is 0 Å². The minimum absolute atomic E-state index is 1.09. The van der Waals surface area contributed by atoms with Gasteiger partial charge in [-0.15, -0.1) is 0 Å². The standard InChI is InChI=1S/C60H41N/c1-3-14-42(15-4-1)43-26-28-44(29-27-43)45-30-35-51(36-31-45)61(53-21-13-20-49(40-53)59-41-50-19-8-9-22-54(50)57-24-11-12-25-58(57)59)52-37-32-48(33-38-52)60-55-23-10-7-18-47(55)34-39-56(60)46-16-5-2-6-17-46/h1-41H. The highest BCUT2D eigenvalue weighted by atomic mass is 15.1. The molecule has 0 saturated heterocycles. The van der Waals surface area contributed by atoms with E-state index in [2.05, 4.69) is 254 Å². The third kappa shape index (κ3) is 6.83. The van der Waals surface area contributed by atoms with E-state index < -0.39 is 0 Å². The fourth-order valence-corrected chi connectivity index (χ4v) is 9.06. The highest BCUT2D eigenvalue weighted by molar-refractivity contribution is 6.14. The van der Waals surface area contributed by atoms with Crippen LogP contribution in [-0.4, -0.2) is 0 Å². The fourth-order valence-electron chi connectivity index (χ4n) is 9.06. The Balaban J connectivity index is 1.03. The number of fused-ring (bicyclic) bond motifs is 4. The highest BCUT2D eigenvalue weighted by Crippen LogP contribution is 2.43. The summed E-state index contributed by atoms with van der Waals surface area (Å²) in [4.78, 5) is 2.39. The van der Waals surface area contributed by atoms with Crippen molar-refractivity contribution in [1.29, 1.82) is 0 Å². The van der Waals surface area contributed by atoms with Gasteiger partial charge in [-0.05, 0) is 130 Å². The normalized spacial score (nSPS) is 11.3. The summed E-state index contributed by atoms with van der Waals surface area (Å²) in [7, 11) is 0. The quantitative estimate of drug-likeness (QED) is 0.139. The van der Waals surface area contributed by atoms with Gasteiger partial charge in [-0.2, -0.15) is 0 Å². The van der Waals surface area contributed by atoms with Gasteiger partial charge in [0.1, 0.15) is 0 Å². The van der Waals surface area contributed by atoms with Crippen molar-refractivity contribution in [3.05, 3.63) is 249 Å². The molecule has 11 rings (SSSR count). The first-order valence-corrected chi connectivity index (χ1v) is 21.0. The maximum Gasteiger partial charge on any atom is 0.0467 e. The van der Waals surface area contributed by atoms with Gasteiger partial charge in [-0.25, -0.2) is 0 Å². The Labute approximate surface area is 357 Å². The molecule has 0 fully saturated rings. The highest BCUT2D eigenvalue weighted by Gasteiger charge is 2.18. The smallest absolute Gasteiger partial charge is 0.0467 e. The first kappa shape index (κ1) is 36.1. The Morgan fingerprint density at radius 1 is 0.213 bits per heavy atom. The number of anilines is 3. The molecule has 0 aliphatic heterocycles. The minimum atomic E-state index is 1.09. The molecule has 0 aliphatic rings. The summed E-state index contributed by atoms with van der Waals surface area (Å²) in [5.41, 5.74) is 15.4. The lowest BCUT2D eigenvalue weighted by molar-refractivity contribution is 1.28. The SMILES string of the molecule is c1ccc(-c2ccc(-c3ccc(N(c4ccc(-c5c(-c6ccccc6)ccc6ccccc56)cc4)c4cccc(-c5cc6ccccc6c6ccccc56)c4)cc3)cc2)cc1. The minimum Gasteiger partial charge on any atom is -0.310 e. The van der Waals surface area contributed by atoms with Gasteiger partial charge in [0.15, 0.2) is 0 Å². The lowest BCUT2D eigenvalue weighted by Crippen LogP contribution is -2.10. The predicted molar refractivity (Wildman–Crippen MR) is 261 cm³/mol. The Kier molecular flexibility index (Phi) is 9.26. The number of benzene rings is 11. The van der Waals surface area contributed by atoms with Crippen LogP contribution in [0.15, 0.2) is 249 Å². The summed E-state index contributed by atoms with van der Waals surface area (Å²) in [5, 5.41) is 7.51. The van der Waals surface area contributed by atoms with E-state index in [1.807, 2.05) is 0 Å². The lowest BCUT2D eigenvalue weighted by atomic mass is 9.89. The van der Waals surface area contributed by atoms with Crippen LogP contribution in [0.4, 0.5) is 17.1 Å². The zero-order valence-electron chi connectivity index (χ0n) is 33.6. The van der Waals surface area contributed by atoms with Crippen molar-refractivity contribution in [2.75, 3.05) is 4.90 Å². The fraction of sp³-hybridized carbons (Fsp3) is 0. The molecule has 0 unspecified atom stereocenters. The maximum absolute atomic E-state index is 2.39. The van der Waals surface area contributed by atoms with Gasteiger partial charge >= 0.3 is 0 Å². The van der Waals surface area contributed by atoms with Gasteiger partial charge in [0.2, 0.25) is 0 Å². The topological polar surface area (TPSA) is 3.24 Å². The molecule has 0 heterocycles. The predicted octanol–water partition coefficient (Wildman–Crippen LogP) is 17.0. The summed E-state index contributed by atoms with van der Waals surface area (Å²) >= 11 is 0. The van der Waals surface area contributed by atoms with Crippen LogP contribution in [0.2, 0.25) is 0 Å². The van der Waals surface area contributed by atoms with Crippen LogP contribution < -0.4 is 4.90 Å². The van der Waals surface area contributed by atoms with Crippen LogP contribution in [0.1, 0.15) is 0 Å². The van der Waals surface area contributed by atoms with E-state index in [0.717, 1.165) is 17.1 Å². The van der Waals surface area contributed by atoms with Crippen molar-refractivity contribution in [2.24, 2.45) is 0 Å². The van der Waals surface area contributed by atoms with Crippen molar-refractivity contribution in [3.63, 3.8) is 0 Å². The first-order chi connectivity index (χ1) is 30.2. The Hall–Kier alpha value is -8.00. The summed E-state index contributed by atoms with van der Waals surface area (Å²) in [6.07, 6.45) is 0. The molecule has 286 valence electrons. The average molecular weight is 776 g/mol. The zero-order valence-corrected chi connectivity index (χ0v) is 33.6. The van der Waals surface area contributed by atoms with Crippen molar-refractivity contribution in [3.8, 4) is 55.6 Å². The molecule has 1 nitrogen and oxygen atoms in total. The van der Waals surface area contributed by atoms with E-state index in [1.165, 1.54) is 88.0 Å². The van der Waals surface area contributed by atoms with E-state index in [4.69, 9.17) is 0 Å². The third-order valence-electron chi connectivity index (χ3n) is 12.1. The molecule has 0 saturated carbocycles. The summed E-state index contributed by atoms with van der Waals surface area (Å²) in [6, 6.07) is 90.4. The van der Waals surface area contributed by atoms with Crippen molar-refractivity contribution in [2.45, 2.75) is 0 Å². The first-order valence-electron chi connectivity index (χ1n) is 21.0. The van der Waals surface area contributed by atoms with Gasteiger partial charge in [0, 0.05) is 17.1 Å². The van der Waals surface area contributed by atoms with E-state index in [9.17, 15) is 0 Å². The van der Waals surface area contributed by atoms with Crippen LogP contribution in [0.25, 0.3) is 88.0 Å². The van der Waals surface area contributed by atoms with Crippen LogP contribution in [0.3, 0.4) is 0 Å². The van der Waals surface area contributed by atoms with Gasteiger partial charge in [0.25, 0.3) is 0 Å². The molecular formula is C60H41N. The van der Waals surface area contributed by atoms with Gasteiger partial charge < -0.3 is 4.90 Å². The van der Waals surface area contributed by atoms with E-state index >= 15 is 0 Å². The second kappa shape index (κ2) is 15.6. The molecule has 0 aromatic heterocycles. The van der Waals surface area contributed by atoms with Crippen LogP contribution in [0.5, 0.6) is 0 Å². The second-order valence-electron chi connectivity index (χ2n) is 15.7. The number of hydrogen-bond acceptors (Lipinski definition) is 1. The molecule has 1 heteroatoms. The van der Waals surface area contributed by atoms with Crippen molar-refractivity contribution in [1.82, 2.24) is 0 Å². The van der Waals surface area contributed by atoms with Gasteiger partial charge in [0.05, 0.1) is 0 Å². The van der Waals surface area contributed by atoms with Gasteiger partial charge in [-0.3, -0.25) is 0 Å². The van der Waals surface area contributed by atoms with E-state index in [0.29, 0.717) is 0 Å². The third-order valence-corrected chi connectivity index (χ3v) is 12.1. The maximum atomic E-state index is 2.39. The summed E-state index contributed by atoms with van der Waals surface area (Å²) in [6.45, 7) is 0. The molecule has 0 bridgehead atoms. The summed E-state index contributed by atoms with van der Waals surface area (Å²) in [5.74, 6) is 0. The number of rotatable bonds is 8. The molecule has 61 heavy (non-hydrogen) atoms. The lowest BCUT2D eigenvalue weighted by Gasteiger charge is -2.27. The molecule has 11 aromatic rings. The Bertz CT molecular complexity index is 3310. The Morgan fingerprint density at radius 3 is 1.34 bits per heavy atom. The molecule has 11 aromatic carbocycles. The number of hydrogen-bond donors (Lipinski definition) is 0. The van der Waals surface area contributed by atoms with Gasteiger partial charge in [-0.1, -0.05) is 206 Å². The average Bonchev–Trinajstić information content (AvgIpc) is 3.35. The molecular weight excluding hydrogens is 735 g/mol. The molecule has 0 spiro atoms.